The molecule has 40 heavy (non-hydrogen) atoms. The van der Waals surface area contributed by atoms with Crippen LogP contribution >= 0.6 is 0 Å². The second kappa shape index (κ2) is 11.8. The van der Waals surface area contributed by atoms with Crippen molar-refractivity contribution in [1.82, 2.24) is 15.5 Å². The zero-order valence-electron chi connectivity index (χ0n) is 22.9. The number of ether oxygens (including phenoxy) is 3. The molecule has 2 amide bonds. The van der Waals surface area contributed by atoms with Crippen LogP contribution in [-0.4, -0.2) is 47.7 Å². The molecule has 1 saturated carbocycles. The summed E-state index contributed by atoms with van der Waals surface area (Å²) in [5, 5.41) is 12.9. The maximum Gasteiger partial charge on any atom is 0.407 e. The Balaban J connectivity index is 1.20. The first-order chi connectivity index (χ1) is 19.3. The van der Waals surface area contributed by atoms with E-state index in [4.69, 9.17) is 14.2 Å². The average Bonchev–Trinajstić information content (AvgIpc) is 3.56. The monoisotopic (exact) mass is 546 g/mol. The van der Waals surface area contributed by atoms with Gasteiger partial charge in [-0.2, -0.15) is 5.10 Å². The number of methoxy groups -OCH3 is 1. The molecule has 0 saturated heterocycles. The molecule has 210 valence electrons. The van der Waals surface area contributed by atoms with Gasteiger partial charge < -0.3 is 24.8 Å². The van der Waals surface area contributed by atoms with E-state index in [1.54, 1.807) is 13.2 Å². The maximum absolute atomic E-state index is 13.2. The van der Waals surface area contributed by atoms with Crippen LogP contribution in [0.3, 0.4) is 0 Å². The Morgan fingerprint density at radius 3 is 2.55 bits per heavy atom. The van der Waals surface area contributed by atoms with E-state index in [1.807, 2.05) is 50.2 Å². The minimum Gasteiger partial charge on any atom is -0.496 e. The molecule has 1 fully saturated rings. The number of benzene rings is 2. The van der Waals surface area contributed by atoms with Crippen molar-refractivity contribution < 1.29 is 28.6 Å². The fourth-order valence-electron chi connectivity index (χ4n) is 5.29. The highest BCUT2D eigenvalue weighted by Gasteiger charge is 2.36. The molecule has 3 aromatic rings. The third-order valence-electron chi connectivity index (χ3n) is 7.43. The van der Waals surface area contributed by atoms with Crippen LogP contribution < -0.4 is 20.1 Å². The van der Waals surface area contributed by atoms with Crippen LogP contribution in [0.1, 0.15) is 65.3 Å². The van der Waals surface area contributed by atoms with E-state index >= 15 is 0 Å². The number of H-pyrrole nitrogens is 1. The van der Waals surface area contributed by atoms with E-state index < -0.39 is 6.09 Å². The fourth-order valence-corrected chi connectivity index (χ4v) is 5.29. The Morgan fingerprint density at radius 2 is 1.85 bits per heavy atom. The molecule has 2 aromatic carbocycles. The van der Waals surface area contributed by atoms with Gasteiger partial charge in [0.25, 0.3) is 0 Å². The van der Waals surface area contributed by atoms with Crippen molar-refractivity contribution in [3.05, 3.63) is 70.4 Å². The van der Waals surface area contributed by atoms with Crippen LogP contribution in [0.15, 0.2) is 42.5 Å². The summed E-state index contributed by atoms with van der Waals surface area (Å²) in [6, 6.07) is 13.3. The third-order valence-corrected chi connectivity index (χ3v) is 7.43. The van der Waals surface area contributed by atoms with Gasteiger partial charge in [0.1, 0.15) is 24.2 Å². The molecule has 0 aliphatic heterocycles. The topological polar surface area (TPSA) is 132 Å². The highest BCUT2D eigenvalue weighted by molar-refractivity contribution is 5.94. The lowest BCUT2D eigenvalue weighted by atomic mass is 9.80. The molecule has 0 spiro atoms. The van der Waals surface area contributed by atoms with Crippen molar-refractivity contribution in [2.75, 3.05) is 12.4 Å². The summed E-state index contributed by atoms with van der Waals surface area (Å²) in [5.41, 5.74) is 3.95. The normalized spacial score (nSPS) is 19.4. The Hall–Kier alpha value is -4.34. The molecule has 1 atom stereocenters. The largest absolute Gasteiger partial charge is 0.496 e. The summed E-state index contributed by atoms with van der Waals surface area (Å²) in [4.78, 5) is 37.1. The van der Waals surface area contributed by atoms with Crippen molar-refractivity contribution in [3.8, 4) is 11.5 Å². The highest BCUT2D eigenvalue weighted by Crippen LogP contribution is 2.41. The number of nitrogens with zero attached hydrogens (tertiary/aromatic N) is 1. The Labute approximate surface area is 232 Å². The molecule has 1 heterocycles. The van der Waals surface area contributed by atoms with E-state index in [0.29, 0.717) is 55.2 Å². The van der Waals surface area contributed by atoms with Crippen LogP contribution in [0.2, 0.25) is 0 Å². The van der Waals surface area contributed by atoms with Gasteiger partial charge in [-0.05, 0) is 56.2 Å². The minimum atomic E-state index is -0.405. The van der Waals surface area contributed by atoms with Crippen LogP contribution in [0, 0.1) is 5.92 Å². The number of hydrogen-bond acceptors (Lipinski definition) is 7. The number of alkyl carbamates (subject to hydrolysis) is 1. The van der Waals surface area contributed by atoms with Crippen molar-refractivity contribution >= 4 is 24.1 Å². The number of fused-ring (bicyclic) bond motifs is 1. The van der Waals surface area contributed by atoms with Crippen molar-refractivity contribution in [1.29, 1.82) is 0 Å². The van der Waals surface area contributed by atoms with E-state index in [9.17, 15) is 14.4 Å². The molecular formula is C30H34N4O6. The molecule has 1 unspecified atom stereocenters. The summed E-state index contributed by atoms with van der Waals surface area (Å²) < 4.78 is 17.0. The van der Waals surface area contributed by atoms with Gasteiger partial charge in [-0.25, -0.2) is 4.79 Å². The predicted molar refractivity (Wildman–Crippen MR) is 148 cm³/mol. The zero-order chi connectivity index (χ0) is 28.2. The third kappa shape index (κ3) is 5.95. The highest BCUT2D eigenvalue weighted by atomic mass is 16.6. The molecule has 2 aliphatic carbocycles. The van der Waals surface area contributed by atoms with Crippen molar-refractivity contribution in [2.24, 2.45) is 5.92 Å². The van der Waals surface area contributed by atoms with Gasteiger partial charge in [0.05, 0.1) is 12.7 Å². The first-order valence-electron chi connectivity index (χ1n) is 13.5. The van der Waals surface area contributed by atoms with Crippen LogP contribution in [0.5, 0.6) is 11.5 Å². The minimum absolute atomic E-state index is 0.0240. The SMILES string of the molecule is COc1cc(OCc2ccccc2)c(C=O)c2c1CC(C(=O)Nc1cc(C3CC(OC(=O)NC(C)C)C3)[nH]n1)C2. The lowest BCUT2D eigenvalue weighted by molar-refractivity contribution is -0.119. The first-order valence-corrected chi connectivity index (χ1v) is 13.5. The number of hydrogen-bond donors (Lipinski definition) is 3. The first kappa shape index (κ1) is 27.2. The number of carbonyl (C=O) groups is 3. The standard InChI is InChI=1S/C30H34N4O6/c1-17(2)31-30(37)40-21-9-19(10-21)25-13-28(34-33-25)32-29(36)20-11-22-23(12-20)26(38-3)14-27(24(22)15-35)39-16-18-7-5-4-6-8-18/h4-8,13-15,17,19-21H,9-12,16H2,1-3H3,(H,31,37)(H2,32,33,34,36). The van der Waals surface area contributed by atoms with E-state index in [2.05, 4.69) is 20.8 Å². The summed E-state index contributed by atoms with van der Waals surface area (Å²) in [6.45, 7) is 4.08. The molecule has 1 aromatic heterocycles. The zero-order valence-corrected chi connectivity index (χ0v) is 22.9. The molecule has 10 nitrogen and oxygen atoms in total. The lowest BCUT2D eigenvalue weighted by Gasteiger charge is -2.33. The summed E-state index contributed by atoms with van der Waals surface area (Å²) in [5.74, 6) is 1.10. The Bertz CT molecular complexity index is 1380. The fraction of sp³-hybridized carbons (Fsp3) is 0.400. The van der Waals surface area contributed by atoms with Gasteiger partial charge in [0.2, 0.25) is 5.91 Å². The van der Waals surface area contributed by atoms with Crippen LogP contribution in [0.25, 0.3) is 0 Å². The average molecular weight is 547 g/mol. The number of aldehydes is 1. The van der Waals surface area contributed by atoms with Gasteiger partial charge in [-0.1, -0.05) is 30.3 Å². The molecule has 0 radical (unpaired) electrons. The van der Waals surface area contributed by atoms with E-state index in [-0.39, 0.29) is 29.9 Å². The molecule has 10 heteroatoms. The van der Waals surface area contributed by atoms with Crippen LogP contribution in [-0.2, 0) is 29.0 Å². The molecular weight excluding hydrogens is 512 g/mol. The predicted octanol–water partition coefficient (Wildman–Crippen LogP) is 4.54. The molecule has 0 bridgehead atoms. The van der Waals surface area contributed by atoms with Crippen LogP contribution in [0.4, 0.5) is 10.6 Å². The van der Waals surface area contributed by atoms with Gasteiger partial charge in [0.15, 0.2) is 12.1 Å². The summed E-state index contributed by atoms with van der Waals surface area (Å²) in [6.07, 6.45) is 2.49. The number of aromatic nitrogens is 2. The quantitative estimate of drug-likeness (QED) is 0.318. The molecule has 3 N–H and O–H groups in total. The van der Waals surface area contributed by atoms with Gasteiger partial charge in [0, 0.05) is 35.7 Å². The van der Waals surface area contributed by atoms with Gasteiger partial charge in [-0.3, -0.25) is 14.7 Å². The number of amides is 2. The number of aromatic amines is 1. The second-order valence-corrected chi connectivity index (χ2v) is 10.6. The van der Waals surface area contributed by atoms with Crippen molar-refractivity contribution in [3.63, 3.8) is 0 Å². The maximum atomic E-state index is 13.2. The van der Waals surface area contributed by atoms with Gasteiger partial charge >= 0.3 is 6.09 Å². The number of nitrogens with one attached hydrogen (secondary N) is 3. The number of anilines is 1. The van der Waals surface area contributed by atoms with Crippen molar-refractivity contribution in [2.45, 2.75) is 64.2 Å². The Kier molecular flexibility index (Phi) is 8.04. The summed E-state index contributed by atoms with van der Waals surface area (Å²) >= 11 is 0. The molecule has 2 aliphatic rings. The summed E-state index contributed by atoms with van der Waals surface area (Å²) in [7, 11) is 1.57. The number of carbonyl (C=O) groups excluding carboxylic acids is 3. The van der Waals surface area contributed by atoms with E-state index in [1.165, 1.54) is 0 Å². The molecule has 5 rings (SSSR count). The lowest BCUT2D eigenvalue weighted by Crippen LogP contribution is -2.38. The van der Waals surface area contributed by atoms with Gasteiger partial charge in [-0.15, -0.1) is 0 Å². The smallest absolute Gasteiger partial charge is 0.407 e. The van der Waals surface area contributed by atoms with E-state index in [0.717, 1.165) is 28.7 Å². The Morgan fingerprint density at radius 1 is 1.10 bits per heavy atom. The second-order valence-electron chi connectivity index (χ2n) is 10.6. The number of rotatable bonds is 10.